The van der Waals surface area contributed by atoms with Crippen LogP contribution in [0.15, 0.2) is 18.2 Å². The van der Waals surface area contributed by atoms with Crippen LogP contribution in [0.2, 0.25) is 0 Å². The van der Waals surface area contributed by atoms with Crippen molar-refractivity contribution in [3.63, 3.8) is 0 Å². The van der Waals surface area contributed by atoms with E-state index in [4.69, 9.17) is 5.73 Å². The summed E-state index contributed by atoms with van der Waals surface area (Å²) in [4.78, 5) is 0. The Morgan fingerprint density at radius 3 is 2.44 bits per heavy atom. The molecule has 0 saturated carbocycles. The topological polar surface area (TPSA) is 43.8 Å². The van der Waals surface area contributed by atoms with Gasteiger partial charge in [-0.3, -0.25) is 0 Å². The number of benzene rings is 1. The summed E-state index contributed by atoms with van der Waals surface area (Å²) < 4.78 is 2.04. The van der Waals surface area contributed by atoms with Crippen LogP contribution in [-0.4, -0.2) is 16.3 Å². The van der Waals surface area contributed by atoms with Gasteiger partial charge in [-0.2, -0.15) is 5.10 Å². The third-order valence-electron chi connectivity index (χ3n) is 3.59. The summed E-state index contributed by atoms with van der Waals surface area (Å²) in [7, 11) is 0. The van der Waals surface area contributed by atoms with Crippen LogP contribution < -0.4 is 5.73 Å². The summed E-state index contributed by atoms with van der Waals surface area (Å²) in [5.74, 6) is 0. The molecule has 0 radical (unpaired) electrons. The van der Waals surface area contributed by atoms with E-state index in [9.17, 15) is 0 Å². The Balaban J connectivity index is 2.55. The van der Waals surface area contributed by atoms with Gasteiger partial charge in [-0.25, -0.2) is 4.68 Å². The highest BCUT2D eigenvalue weighted by Crippen LogP contribution is 2.21. The van der Waals surface area contributed by atoms with E-state index in [1.54, 1.807) is 0 Å². The van der Waals surface area contributed by atoms with Crippen molar-refractivity contribution in [2.75, 3.05) is 6.54 Å². The summed E-state index contributed by atoms with van der Waals surface area (Å²) in [5.41, 5.74) is 12.9. The summed E-state index contributed by atoms with van der Waals surface area (Å²) >= 11 is 0. The first kappa shape index (κ1) is 12.8. The third kappa shape index (κ3) is 2.18. The fraction of sp³-hybridized carbons (Fsp3) is 0.400. The van der Waals surface area contributed by atoms with Crippen LogP contribution in [-0.2, 0) is 6.42 Å². The predicted molar refractivity (Wildman–Crippen MR) is 75.3 cm³/mol. The first-order chi connectivity index (χ1) is 8.54. The van der Waals surface area contributed by atoms with E-state index < -0.39 is 0 Å². The Hall–Kier alpha value is -1.61. The van der Waals surface area contributed by atoms with Crippen LogP contribution in [0.4, 0.5) is 0 Å². The van der Waals surface area contributed by atoms with Gasteiger partial charge in [0, 0.05) is 5.69 Å². The minimum Gasteiger partial charge on any atom is -0.330 e. The van der Waals surface area contributed by atoms with Crippen molar-refractivity contribution in [2.45, 2.75) is 34.1 Å². The molecule has 0 saturated heterocycles. The van der Waals surface area contributed by atoms with Crippen molar-refractivity contribution < 1.29 is 0 Å². The number of nitrogens with zero attached hydrogens (tertiary/aromatic N) is 2. The maximum Gasteiger partial charge on any atom is 0.0680 e. The molecule has 0 aliphatic rings. The maximum absolute atomic E-state index is 5.62. The Labute approximate surface area is 109 Å². The van der Waals surface area contributed by atoms with Crippen LogP contribution in [0.1, 0.15) is 28.1 Å². The van der Waals surface area contributed by atoms with Gasteiger partial charge < -0.3 is 5.73 Å². The zero-order chi connectivity index (χ0) is 13.3. The lowest BCUT2D eigenvalue weighted by atomic mass is 10.1. The number of aromatic nitrogens is 2. The molecule has 3 heteroatoms. The van der Waals surface area contributed by atoms with Gasteiger partial charge in [0.05, 0.1) is 11.4 Å². The normalized spacial score (nSPS) is 10.9. The van der Waals surface area contributed by atoms with Gasteiger partial charge in [0.25, 0.3) is 0 Å². The molecule has 1 aromatic carbocycles. The van der Waals surface area contributed by atoms with Crippen LogP contribution in [0.25, 0.3) is 5.69 Å². The highest BCUT2D eigenvalue weighted by Gasteiger charge is 2.11. The highest BCUT2D eigenvalue weighted by atomic mass is 15.3. The molecule has 0 amide bonds. The minimum atomic E-state index is 0.679. The second-order valence-corrected chi connectivity index (χ2v) is 4.87. The predicted octanol–water partition coefficient (Wildman–Crippen LogP) is 2.61. The van der Waals surface area contributed by atoms with E-state index in [0.717, 1.165) is 17.8 Å². The fourth-order valence-electron chi connectivity index (χ4n) is 2.16. The molecular formula is C15H21N3. The molecule has 0 fully saturated rings. The van der Waals surface area contributed by atoms with E-state index in [-0.39, 0.29) is 0 Å². The monoisotopic (exact) mass is 243 g/mol. The molecule has 3 nitrogen and oxygen atoms in total. The second-order valence-electron chi connectivity index (χ2n) is 4.87. The summed E-state index contributed by atoms with van der Waals surface area (Å²) in [6.45, 7) is 9.08. The molecule has 96 valence electrons. The van der Waals surface area contributed by atoms with Crippen LogP contribution in [0.3, 0.4) is 0 Å². The second kappa shape index (κ2) is 4.94. The number of nitrogens with two attached hydrogens (primary N) is 1. The van der Waals surface area contributed by atoms with Crippen molar-refractivity contribution in [1.82, 2.24) is 9.78 Å². The molecule has 18 heavy (non-hydrogen) atoms. The molecule has 1 aromatic heterocycles. The Morgan fingerprint density at radius 2 is 1.89 bits per heavy atom. The van der Waals surface area contributed by atoms with Gasteiger partial charge in [0.15, 0.2) is 0 Å². The van der Waals surface area contributed by atoms with E-state index in [1.165, 1.54) is 22.4 Å². The van der Waals surface area contributed by atoms with Crippen molar-refractivity contribution in [1.29, 1.82) is 0 Å². The highest BCUT2D eigenvalue weighted by molar-refractivity contribution is 5.45. The van der Waals surface area contributed by atoms with Crippen molar-refractivity contribution >= 4 is 0 Å². The Bertz CT molecular complexity index is 567. The van der Waals surface area contributed by atoms with Gasteiger partial charge >= 0.3 is 0 Å². The number of hydrogen-bond acceptors (Lipinski definition) is 2. The van der Waals surface area contributed by atoms with Crippen molar-refractivity contribution in [3.05, 3.63) is 46.3 Å². The fourth-order valence-corrected chi connectivity index (χ4v) is 2.16. The molecule has 2 N–H and O–H groups in total. The summed E-state index contributed by atoms with van der Waals surface area (Å²) in [6.07, 6.45) is 0.908. The molecule has 1 heterocycles. The van der Waals surface area contributed by atoms with Gasteiger partial charge in [0.1, 0.15) is 0 Å². The van der Waals surface area contributed by atoms with E-state index in [1.807, 2.05) is 4.68 Å². The first-order valence-electron chi connectivity index (χ1n) is 6.37. The lowest BCUT2D eigenvalue weighted by molar-refractivity contribution is 0.823. The molecule has 0 aliphatic carbocycles. The molecule has 0 unspecified atom stereocenters. The first-order valence-corrected chi connectivity index (χ1v) is 6.37. The largest absolute Gasteiger partial charge is 0.330 e. The molecular weight excluding hydrogens is 222 g/mol. The maximum atomic E-state index is 5.62. The molecule has 0 spiro atoms. The average Bonchev–Trinajstić information content (AvgIpc) is 2.60. The van der Waals surface area contributed by atoms with Gasteiger partial charge in [0.2, 0.25) is 0 Å². The van der Waals surface area contributed by atoms with E-state index in [0.29, 0.717) is 6.54 Å². The number of rotatable bonds is 3. The van der Waals surface area contributed by atoms with Gasteiger partial charge in [-0.15, -0.1) is 0 Å². The Morgan fingerprint density at radius 1 is 1.17 bits per heavy atom. The van der Waals surface area contributed by atoms with Crippen LogP contribution in [0.5, 0.6) is 0 Å². The minimum absolute atomic E-state index is 0.679. The standard InChI is InChI=1S/C15H21N3/c1-10-5-6-14(7-8-16)9-15(10)18-13(4)11(2)12(3)17-18/h5-6,9H,7-8,16H2,1-4H3. The van der Waals surface area contributed by atoms with Gasteiger partial charge in [-0.05, 0) is 63.4 Å². The molecule has 0 atom stereocenters. The summed E-state index contributed by atoms with van der Waals surface area (Å²) in [5, 5.41) is 4.63. The summed E-state index contributed by atoms with van der Waals surface area (Å²) in [6, 6.07) is 6.48. The zero-order valence-corrected chi connectivity index (χ0v) is 11.6. The molecule has 0 bridgehead atoms. The third-order valence-corrected chi connectivity index (χ3v) is 3.59. The molecule has 2 aromatic rings. The molecule has 0 aliphatic heterocycles. The van der Waals surface area contributed by atoms with E-state index in [2.05, 4.69) is 51.0 Å². The van der Waals surface area contributed by atoms with Gasteiger partial charge in [-0.1, -0.05) is 12.1 Å². The van der Waals surface area contributed by atoms with Crippen LogP contribution in [0, 0.1) is 27.7 Å². The quantitative estimate of drug-likeness (QED) is 0.900. The smallest absolute Gasteiger partial charge is 0.0680 e. The number of aryl methyl sites for hydroxylation is 2. The SMILES string of the molecule is Cc1ccc(CCN)cc1-n1nc(C)c(C)c1C. The zero-order valence-electron chi connectivity index (χ0n) is 11.6. The molecule has 2 rings (SSSR count). The van der Waals surface area contributed by atoms with E-state index >= 15 is 0 Å². The lowest BCUT2D eigenvalue weighted by Crippen LogP contribution is -2.06. The van der Waals surface area contributed by atoms with Crippen molar-refractivity contribution in [2.24, 2.45) is 5.73 Å². The Kier molecular flexibility index (Phi) is 3.53. The lowest BCUT2D eigenvalue weighted by Gasteiger charge is -2.10. The number of hydrogen-bond donors (Lipinski definition) is 1. The average molecular weight is 243 g/mol. The van der Waals surface area contributed by atoms with Crippen molar-refractivity contribution in [3.8, 4) is 5.69 Å². The van der Waals surface area contributed by atoms with Crippen LogP contribution >= 0.6 is 0 Å².